The Morgan fingerprint density at radius 1 is 1.10 bits per heavy atom. The van der Waals surface area contributed by atoms with Crippen LogP contribution >= 0.6 is 0 Å². The van der Waals surface area contributed by atoms with Crippen molar-refractivity contribution in [3.05, 3.63) is 60.7 Å². The van der Waals surface area contributed by atoms with Gasteiger partial charge in [-0.05, 0) is 36.8 Å². The Balaban J connectivity index is 1.43. The van der Waals surface area contributed by atoms with Crippen LogP contribution in [0.4, 0.5) is 0 Å². The first-order valence-corrected chi connectivity index (χ1v) is 9.99. The van der Waals surface area contributed by atoms with Crippen molar-refractivity contribution in [1.29, 1.82) is 0 Å². The van der Waals surface area contributed by atoms with Crippen LogP contribution in [0.5, 0.6) is 0 Å². The van der Waals surface area contributed by atoms with Crippen molar-refractivity contribution in [3.63, 3.8) is 0 Å². The maximum Gasteiger partial charge on any atom is 0.273 e. The number of amides is 2. The van der Waals surface area contributed by atoms with E-state index in [1.54, 1.807) is 28.2 Å². The maximum atomic E-state index is 13.2. The Kier molecular flexibility index (Phi) is 5.55. The van der Waals surface area contributed by atoms with E-state index in [1.807, 2.05) is 48.3 Å². The molecule has 3 heterocycles. The second-order valence-corrected chi connectivity index (χ2v) is 7.47. The fraction of sp³-hybridized carbons (Fsp3) is 0.364. The summed E-state index contributed by atoms with van der Waals surface area (Å²) in [4.78, 5) is 33.8. The van der Waals surface area contributed by atoms with Gasteiger partial charge in [0.05, 0.1) is 0 Å². The summed E-state index contributed by atoms with van der Waals surface area (Å²) in [6.07, 6.45) is 7.66. The molecule has 0 spiro atoms. The molecule has 7 nitrogen and oxygen atoms in total. The lowest BCUT2D eigenvalue weighted by molar-refractivity contribution is -0.132. The third-order valence-electron chi connectivity index (χ3n) is 5.65. The normalized spacial score (nSPS) is 17.1. The zero-order valence-electron chi connectivity index (χ0n) is 16.6. The molecule has 0 radical (unpaired) electrons. The van der Waals surface area contributed by atoms with Crippen molar-refractivity contribution < 1.29 is 9.59 Å². The molecule has 29 heavy (non-hydrogen) atoms. The van der Waals surface area contributed by atoms with Crippen LogP contribution in [0.25, 0.3) is 10.8 Å². The van der Waals surface area contributed by atoms with Crippen LogP contribution in [-0.4, -0.2) is 62.6 Å². The average Bonchev–Trinajstić information content (AvgIpc) is 3.13. The van der Waals surface area contributed by atoms with E-state index < -0.39 is 0 Å². The predicted molar refractivity (Wildman–Crippen MR) is 110 cm³/mol. The van der Waals surface area contributed by atoms with E-state index in [4.69, 9.17) is 0 Å². The number of rotatable bonds is 4. The number of nitrogens with zero attached hydrogens (tertiary/aromatic N) is 5. The van der Waals surface area contributed by atoms with E-state index in [9.17, 15) is 9.59 Å². The summed E-state index contributed by atoms with van der Waals surface area (Å²) < 4.78 is 1.65. The molecule has 1 unspecified atom stereocenters. The van der Waals surface area contributed by atoms with E-state index in [0.717, 1.165) is 30.0 Å². The predicted octanol–water partition coefficient (Wildman–Crippen LogP) is 2.58. The molecule has 0 N–H and O–H groups in total. The minimum absolute atomic E-state index is 0.0666. The molecule has 0 saturated carbocycles. The average molecular weight is 391 g/mol. The highest BCUT2D eigenvalue weighted by Gasteiger charge is 2.27. The molecular formula is C22H25N5O2. The first-order valence-electron chi connectivity index (χ1n) is 9.99. The third-order valence-corrected chi connectivity index (χ3v) is 5.65. The molecule has 0 bridgehead atoms. The van der Waals surface area contributed by atoms with Gasteiger partial charge in [0.1, 0.15) is 12.2 Å². The molecule has 1 saturated heterocycles. The van der Waals surface area contributed by atoms with Gasteiger partial charge in [0, 0.05) is 50.2 Å². The fourth-order valence-corrected chi connectivity index (χ4v) is 3.97. The number of fused-ring (bicyclic) bond motifs is 1. The van der Waals surface area contributed by atoms with E-state index in [0.29, 0.717) is 18.8 Å². The van der Waals surface area contributed by atoms with E-state index in [1.165, 1.54) is 0 Å². The van der Waals surface area contributed by atoms with Gasteiger partial charge in [0.15, 0.2) is 0 Å². The van der Waals surface area contributed by atoms with Crippen LogP contribution in [0.1, 0.15) is 29.8 Å². The molecule has 3 aromatic rings. The number of likely N-dealkylation sites (tertiary alicyclic amines) is 1. The summed E-state index contributed by atoms with van der Waals surface area (Å²) in [5, 5.41) is 5.99. The Morgan fingerprint density at radius 3 is 2.79 bits per heavy atom. The van der Waals surface area contributed by atoms with Crippen molar-refractivity contribution in [1.82, 2.24) is 24.6 Å². The Morgan fingerprint density at radius 2 is 1.97 bits per heavy atom. The molecule has 1 aliphatic rings. The number of aromatic nitrogens is 3. The first kappa shape index (κ1) is 19.1. The Bertz CT molecular complexity index is 996. The number of carbonyl (C=O) groups excluding carboxylic acids is 2. The van der Waals surface area contributed by atoms with Gasteiger partial charge in [-0.15, -0.1) is 0 Å². The minimum atomic E-state index is -0.0666. The molecule has 2 amide bonds. The number of hydrogen-bond donors (Lipinski definition) is 0. The molecule has 1 fully saturated rings. The summed E-state index contributed by atoms with van der Waals surface area (Å²) in [5.74, 6) is 0.00201. The largest absolute Gasteiger partial charge is 0.341 e. The van der Waals surface area contributed by atoms with Crippen LogP contribution < -0.4 is 0 Å². The fourth-order valence-electron chi connectivity index (χ4n) is 3.97. The summed E-state index contributed by atoms with van der Waals surface area (Å²) in [7, 11) is 1.84. The van der Waals surface area contributed by atoms with Crippen LogP contribution in [0.15, 0.2) is 55.0 Å². The number of carbonyl (C=O) groups is 2. The van der Waals surface area contributed by atoms with Gasteiger partial charge < -0.3 is 9.80 Å². The van der Waals surface area contributed by atoms with Gasteiger partial charge >= 0.3 is 0 Å². The zero-order valence-corrected chi connectivity index (χ0v) is 16.6. The van der Waals surface area contributed by atoms with Crippen LogP contribution in [0.3, 0.4) is 0 Å². The SMILES string of the molecule is CN(C(=O)c1nccc2ccccc12)C1CCCN(C(=O)Cn2cccn2)CC1. The summed E-state index contributed by atoms with van der Waals surface area (Å²) in [6, 6.07) is 11.6. The lowest BCUT2D eigenvalue weighted by Crippen LogP contribution is -2.39. The highest BCUT2D eigenvalue weighted by Crippen LogP contribution is 2.21. The molecule has 1 aromatic carbocycles. The van der Waals surface area contributed by atoms with Crippen molar-refractivity contribution in [2.24, 2.45) is 0 Å². The van der Waals surface area contributed by atoms with Gasteiger partial charge in [0.25, 0.3) is 5.91 Å². The summed E-state index contributed by atoms with van der Waals surface area (Å²) in [5.41, 5.74) is 0.487. The van der Waals surface area contributed by atoms with Crippen LogP contribution in [0.2, 0.25) is 0 Å². The van der Waals surface area contributed by atoms with Gasteiger partial charge in [-0.25, -0.2) is 0 Å². The van der Waals surface area contributed by atoms with Gasteiger partial charge in [-0.3, -0.25) is 19.3 Å². The number of hydrogen-bond acceptors (Lipinski definition) is 4. The lowest BCUT2D eigenvalue weighted by atomic mass is 10.1. The smallest absolute Gasteiger partial charge is 0.273 e. The first-order chi connectivity index (χ1) is 14.1. The van der Waals surface area contributed by atoms with Crippen molar-refractivity contribution in [3.8, 4) is 0 Å². The van der Waals surface area contributed by atoms with Gasteiger partial charge in [-0.1, -0.05) is 24.3 Å². The minimum Gasteiger partial charge on any atom is -0.341 e. The zero-order chi connectivity index (χ0) is 20.2. The third kappa shape index (κ3) is 4.13. The molecule has 1 aliphatic heterocycles. The molecule has 1 atom stereocenters. The van der Waals surface area contributed by atoms with E-state index in [-0.39, 0.29) is 24.4 Å². The molecule has 0 aliphatic carbocycles. The van der Waals surface area contributed by atoms with Crippen molar-refractivity contribution in [2.45, 2.75) is 31.8 Å². The van der Waals surface area contributed by atoms with E-state index in [2.05, 4.69) is 10.1 Å². The van der Waals surface area contributed by atoms with Crippen molar-refractivity contribution >= 4 is 22.6 Å². The van der Waals surface area contributed by atoms with E-state index >= 15 is 0 Å². The van der Waals surface area contributed by atoms with Crippen molar-refractivity contribution in [2.75, 3.05) is 20.1 Å². The second-order valence-electron chi connectivity index (χ2n) is 7.47. The lowest BCUT2D eigenvalue weighted by Gasteiger charge is -2.27. The Labute approximate surface area is 169 Å². The number of pyridine rings is 1. The van der Waals surface area contributed by atoms with Gasteiger partial charge in [0.2, 0.25) is 5.91 Å². The quantitative estimate of drug-likeness (QED) is 0.685. The standard InChI is InChI=1S/C22H25N5O2/c1-25(22(29)21-19-8-3-2-6-17(19)9-12-23-21)18-7-4-13-26(15-10-18)20(28)16-27-14-5-11-24-27/h2-3,5-6,8-9,11-12,14,18H,4,7,10,13,15-16H2,1H3. The number of benzene rings is 1. The summed E-state index contributed by atoms with van der Waals surface area (Å²) >= 11 is 0. The monoisotopic (exact) mass is 391 g/mol. The highest BCUT2D eigenvalue weighted by atomic mass is 16.2. The second kappa shape index (κ2) is 8.43. The topological polar surface area (TPSA) is 71.3 Å². The summed E-state index contributed by atoms with van der Waals surface area (Å²) in [6.45, 7) is 1.61. The highest BCUT2D eigenvalue weighted by molar-refractivity contribution is 6.05. The van der Waals surface area contributed by atoms with Gasteiger partial charge in [-0.2, -0.15) is 5.10 Å². The van der Waals surface area contributed by atoms with Crippen LogP contribution in [0, 0.1) is 0 Å². The molecule has 7 heteroatoms. The maximum absolute atomic E-state index is 13.2. The molecular weight excluding hydrogens is 366 g/mol. The Hall–Kier alpha value is -3.22. The molecule has 2 aromatic heterocycles. The molecule has 150 valence electrons. The van der Waals surface area contributed by atoms with Crippen LogP contribution in [-0.2, 0) is 11.3 Å². The molecule has 4 rings (SSSR count).